The van der Waals surface area contributed by atoms with Crippen molar-refractivity contribution in [2.75, 3.05) is 0 Å². The van der Waals surface area contributed by atoms with Gasteiger partial charge in [-0.2, -0.15) is 5.26 Å². The van der Waals surface area contributed by atoms with Crippen molar-refractivity contribution in [1.82, 2.24) is 5.32 Å². The number of nitrogens with zero attached hydrogens (tertiary/aromatic N) is 1. The zero-order valence-corrected chi connectivity index (χ0v) is 13.2. The molecule has 1 aliphatic carbocycles. The molecule has 1 fully saturated rings. The highest BCUT2D eigenvalue weighted by molar-refractivity contribution is 5.89. The summed E-state index contributed by atoms with van der Waals surface area (Å²) in [6.45, 7) is 3.78. The normalized spacial score (nSPS) is 19.7. The van der Waals surface area contributed by atoms with Crippen LogP contribution < -0.4 is 5.32 Å². The summed E-state index contributed by atoms with van der Waals surface area (Å²) in [4.78, 5) is 12.3. The number of hydrogen-bond donors (Lipinski definition) is 1. The number of aryl methyl sites for hydroxylation is 1. The highest BCUT2D eigenvalue weighted by atomic mass is 19.1. The number of rotatable bonds is 4. The van der Waals surface area contributed by atoms with Gasteiger partial charge in [0.1, 0.15) is 6.07 Å². The number of nitrogens with one attached hydrogen (secondary N) is 1. The van der Waals surface area contributed by atoms with Crippen LogP contribution in [0, 0.1) is 24.2 Å². The molecule has 22 heavy (non-hydrogen) atoms. The topological polar surface area (TPSA) is 52.9 Å². The Kier molecular flexibility index (Phi) is 5.18. The molecule has 3 nitrogen and oxygen atoms in total. The minimum absolute atomic E-state index is 0.0916. The first kappa shape index (κ1) is 16.5. The maximum absolute atomic E-state index is 14.9. The molecule has 0 unspecified atom stereocenters. The third-order valence-corrected chi connectivity index (χ3v) is 4.63. The van der Waals surface area contributed by atoms with Gasteiger partial charge in [-0.05, 0) is 32.6 Å². The highest BCUT2D eigenvalue weighted by Gasteiger charge is 2.42. The van der Waals surface area contributed by atoms with E-state index in [0.29, 0.717) is 5.92 Å². The van der Waals surface area contributed by atoms with E-state index in [1.165, 1.54) is 18.6 Å². The molecule has 4 heteroatoms. The average molecular weight is 302 g/mol. The Morgan fingerprint density at radius 1 is 1.32 bits per heavy atom. The van der Waals surface area contributed by atoms with Crippen molar-refractivity contribution in [3.8, 4) is 6.07 Å². The van der Waals surface area contributed by atoms with Crippen molar-refractivity contribution in [1.29, 1.82) is 5.26 Å². The standard InChI is InChI=1S/C18H23FN2O/c1-13-8-10-16(11-9-13)18(19,12-20)17(22)21-14(2)15-6-4-3-5-7-15/h8-11,14-15H,3-7H2,1-2H3,(H,21,22)/t14-,18+/m0/s1. The third kappa shape index (κ3) is 3.47. The number of carbonyl (C=O) groups excluding carboxylic acids is 1. The molecule has 0 aliphatic heterocycles. The van der Waals surface area contributed by atoms with Gasteiger partial charge in [-0.3, -0.25) is 4.79 Å². The summed E-state index contributed by atoms with van der Waals surface area (Å²) >= 11 is 0. The number of hydrogen-bond acceptors (Lipinski definition) is 2. The van der Waals surface area contributed by atoms with E-state index in [4.69, 9.17) is 0 Å². The molecule has 0 saturated heterocycles. The molecule has 0 heterocycles. The van der Waals surface area contributed by atoms with Crippen LogP contribution in [0.4, 0.5) is 4.39 Å². The minimum atomic E-state index is -2.63. The SMILES string of the molecule is Cc1ccc([C@](F)(C#N)C(=O)N[C@@H](C)C2CCCCC2)cc1. The van der Waals surface area contributed by atoms with Gasteiger partial charge in [0.2, 0.25) is 0 Å². The molecule has 1 N–H and O–H groups in total. The zero-order valence-electron chi connectivity index (χ0n) is 13.2. The molecular weight excluding hydrogens is 279 g/mol. The van der Waals surface area contributed by atoms with E-state index in [0.717, 1.165) is 31.2 Å². The molecular formula is C18H23FN2O. The summed E-state index contributed by atoms with van der Waals surface area (Å²) in [5, 5.41) is 11.9. The fourth-order valence-electron chi connectivity index (χ4n) is 3.09. The molecule has 0 radical (unpaired) electrons. The molecule has 1 aromatic carbocycles. The van der Waals surface area contributed by atoms with E-state index in [1.54, 1.807) is 18.2 Å². The molecule has 0 bridgehead atoms. The Hall–Kier alpha value is -1.89. The van der Waals surface area contributed by atoms with Crippen LogP contribution in [0.2, 0.25) is 0 Å². The molecule has 1 saturated carbocycles. The van der Waals surface area contributed by atoms with Gasteiger partial charge in [-0.15, -0.1) is 0 Å². The van der Waals surface area contributed by atoms with Gasteiger partial charge < -0.3 is 5.32 Å². The summed E-state index contributed by atoms with van der Waals surface area (Å²) in [6, 6.07) is 7.86. The van der Waals surface area contributed by atoms with E-state index in [1.807, 2.05) is 13.8 Å². The van der Waals surface area contributed by atoms with Crippen LogP contribution in [-0.4, -0.2) is 11.9 Å². The van der Waals surface area contributed by atoms with Gasteiger partial charge in [-0.1, -0.05) is 49.1 Å². The Morgan fingerprint density at radius 2 is 1.91 bits per heavy atom. The maximum Gasteiger partial charge on any atom is 0.298 e. The summed E-state index contributed by atoms with van der Waals surface area (Å²) in [6.07, 6.45) is 5.64. The molecule has 2 rings (SSSR count). The number of carbonyl (C=O) groups is 1. The van der Waals surface area contributed by atoms with Crippen molar-refractivity contribution in [3.05, 3.63) is 35.4 Å². The van der Waals surface area contributed by atoms with Crippen molar-refractivity contribution < 1.29 is 9.18 Å². The summed E-state index contributed by atoms with van der Waals surface area (Å²) in [5.74, 6) is -0.476. The second-order valence-electron chi connectivity index (χ2n) is 6.30. The van der Waals surface area contributed by atoms with E-state index >= 15 is 0 Å². The van der Waals surface area contributed by atoms with E-state index in [-0.39, 0.29) is 11.6 Å². The Balaban J connectivity index is 2.11. The quantitative estimate of drug-likeness (QED) is 0.920. The average Bonchev–Trinajstić information content (AvgIpc) is 2.55. The van der Waals surface area contributed by atoms with Gasteiger partial charge in [0.15, 0.2) is 0 Å². The first-order valence-electron chi connectivity index (χ1n) is 7.95. The van der Waals surface area contributed by atoms with Crippen LogP contribution in [0.25, 0.3) is 0 Å². The molecule has 2 atom stereocenters. The Bertz CT molecular complexity index is 557. The van der Waals surface area contributed by atoms with Crippen LogP contribution in [0.5, 0.6) is 0 Å². The monoisotopic (exact) mass is 302 g/mol. The van der Waals surface area contributed by atoms with E-state index < -0.39 is 11.6 Å². The molecule has 1 amide bonds. The molecule has 0 aromatic heterocycles. The lowest BCUT2D eigenvalue weighted by molar-refractivity contribution is -0.131. The summed E-state index contributed by atoms with van der Waals surface area (Å²) in [5.41, 5.74) is -1.58. The first-order chi connectivity index (χ1) is 10.5. The number of alkyl halides is 1. The Labute approximate surface area is 131 Å². The summed E-state index contributed by atoms with van der Waals surface area (Å²) in [7, 11) is 0. The first-order valence-corrected chi connectivity index (χ1v) is 7.95. The van der Waals surface area contributed by atoms with Crippen LogP contribution in [0.3, 0.4) is 0 Å². The molecule has 0 spiro atoms. The number of amides is 1. The Morgan fingerprint density at radius 3 is 2.45 bits per heavy atom. The van der Waals surface area contributed by atoms with Gasteiger partial charge in [0, 0.05) is 11.6 Å². The number of nitriles is 1. The lowest BCUT2D eigenvalue weighted by Gasteiger charge is -2.29. The minimum Gasteiger partial charge on any atom is -0.349 e. The van der Waals surface area contributed by atoms with Crippen LogP contribution in [0.15, 0.2) is 24.3 Å². The van der Waals surface area contributed by atoms with Gasteiger partial charge in [0.05, 0.1) is 0 Å². The zero-order chi connectivity index (χ0) is 16.2. The van der Waals surface area contributed by atoms with Crippen molar-refractivity contribution in [2.45, 2.75) is 57.7 Å². The van der Waals surface area contributed by atoms with Gasteiger partial charge >= 0.3 is 0 Å². The van der Waals surface area contributed by atoms with E-state index in [9.17, 15) is 14.4 Å². The van der Waals surface area contributed by atoms with Gasteiger partial charge in [-0.25, -0.2) is 4.39 Å². The van der Waals surface area contributed by atoms with Crippen molar-refractivity contribution in [2.24, 2.45) is 5.92 Å². The fraction of sp³-hybridized carbons (Fsp3) is 0.556. The largest absolute Gasteiger partial charge is 0.349 e. The molecule has 1 aromatic rings. The number of halogens is 1. The summed E-state index contributed by atoms with van der Waals surface area (Å²) < 4.78 is 14.9. The lowest BCUT2D eigenvalue weighted by Crippen LogP contribution is -2.47. The highest BCUT2D eigenvalue weighted by Crippen LogP contribution is 2.29. The second-order valence-corrected chi connectivity index (χ2v) is 6.30. The second kappa shape index (κ2) is 6.91. The van der Waals surface area contributed by atoms with E-state index in [2.05, 4.69) is 5.32 Å². The van der Waals surface area contributed by atoms with Crippen molar-refractivity contribution in [3.63, 3.8) is 0 Å². The third-order valence-electron chi connectivity index (χ3n) is 4.63. The van der Waals surface area contributed by atoms with Crippen LogP contribution in [0.1, 0.15) is 50.2 Å². The van der Waals surface area contributed by atoms with Crippen LogP contribution in [-0.2, 0) is 10.5 Å². The smallest absolute Gasteiger partial charge is 0.298 e. The molecule has 118 valence electrons. The lowest BCUT2D eigenvalue weighted by atomic mass is 9.84. The predicted octanol–water partition coefficient (Wildman–Crippen LogP) is 3.77. The van der Waals surface area contributed by atoms with Crippen molar-refractivity contribution >= 4 is 5.91 Å². The van der Waals surface area contributed by atoms with Crippen LogP contribution >= 0.6 is 0 Å². The maximum atomic E-state index is 14.9. The predicted molar refractivity (Wildman–Crippen MR) is 83.8 cm³/mol. The molecule has 1 aliphatic rings. The number of benzene rings is 1. The van der Waals surface area contributed by atoms with Gasteiger partial charge in [0.25, 0.3) is 11.6 Å². The fourth-order valence-corrected chi connectivity index (χ4v) is 3.09.